The lowest BCUT2D eigenvalue weighted by Crippen LogP contribution is -2.52. The second-order valence-electron chi connectivity index (χ2n) is 6.61. The van der Waals surface area contributed by atoms with E-state index in [1.807, 2.05) is 30.0 Å². The number of amides is 1. The Hall–Kier alpha value is -1.92. The van der Waals surface area contributed by atoms with E-state index in [0.717, 1.165) is 31.2 Å². The minimum Gasteiger partial charge on any atom is -0.338 e. The van der Waals surface area contributed by atoms with Gasteiger partial charge in [-0.1, -0.05) is 18.2 Å². The maximum atomic E-state index is 12.9. The van der Waals surface area contributed by atoms with E-state index < -0.39 is 0 Å². The lowest BCUT2D eigenvalue weighted by atomic mass is 9.96. The zero-order valence-corrected chi connectivity index (χ0v) is 15.5. The average molecular weight is 365 g/mol. The fourth-order valence-corrected chi connectivity index (χ4v) is 3.56. The van der Waals surface area contributed by atoms with E-state index in [0.29, 0.717) is 11.1 Å². The molecule has 1 aliphatic heterocycles. The van der Waals surface area contributed by atoms with Crippen molar-refractivity contribution in [2.75, 3.05) is 6.54 Å². The number of benzene rings is 1. The van der Waals surface area contributed by atoms with Crippen LogP contribution < -0.4 is 11.3 Å². The van der Waals surface area contributed by atoms with Crippen molar-refractivity contribution in [2.24, 2.45) is 12.8 Å². The molecule has 2 unspecified atom stereocenters. The zero-order chi connectivity index (χ0) is 17.3. The molecular weight excluding hydrogens is 340 g/mol. The third-order valence-corrected chi connectivity index (χ3v) is 4.83. The standard InChI is InChI=1S/C18H24N4O2.ClH/c1-12(19)16-9-5-6-10-22(16)17(23)11-15-13-7-3-4-8-14(13)18(24)21(2)20-15;/h3-4,7-8,12,16H,5-6,9-11,19H2,1-2H3;1H. The summed E-state index contributed by atoms with van der Waals surface area (Å²) < 4.78 is 1.31. The minimum absolute atomic E-state index is 0. The molecule has 136 valence electrons. The predicted octanol–water partition coefficient (Wildman–Crippen LogP) is 1.63. The van der Waals surface area contributed by atoms with Crippen LogP contribution in [0.3, 0.4) is 0 Å². The van der Waals surface area contributed by atoms with Crippen molar-refractivity contribution in [3.05, 3.63) is 40.3 Å². The molecule has 1 aromatic carbocycles. The van der Waals surface area contributed by atoms with Crippen LogP contribution in [0, 0.1) is 0 Å². The molecule has 1 saturated heterocycles. The number of aryl methyl sites for hydroxylation is 1. The number of rotatable bonds is 3. The first kappa shape index (κ1) is 19.4. The molecule has 25 heavy (non-hydrogen) atoms. The third kappa shape index (κ3) is 3.85. The highest BCUT2D eigenvalue weighted by Crippen LogP contribution is 2.21. The Morgan fingerprint density at radius 3 is 2.68 bits per heavy atom. The number of nitrogens with two attached hydrogens (primary N) is 1. The van der Waals surface area contributed by atoms with Crippen molar-refractivity contribution in [1.82, 2.24) is 14.7 Å². The fraction of sp³-hybridized carbons (Fsp3) is 0.500. The Bertz CT molecular complexity index is 818. The van der Waals surface area contributed by atoms with Gasteiger partial charge in [-0.15, -0.1) is 12.4 Å². The van der Waals surface area contributed by atoms with Crippen molar-refractivity contribution in [1.29, 1.82) is 0 Å². The van der Waals surface area contributed by atoms with Gasteiger partial charge in [0.1, 0.15) is 0 Å². The highest BCUT2D eigenvalue weighted by molar-refractivity contribution is 5.88. The normalized spacial score (nSPS) is 18.7. The van der Waals surface area contributed by atoms with Gasteiger partial charge in [0, 0.05) is 31.1 Å². The van der Waals surface area contributed by atoms with Crippen molar-refractivity contribution in [3.8, 4) is 0 Å². The Morgan fingerprint density at radius 1 is 1.32 bits per heavy atom. The first-order chi connectivity index (χ1) is 11.5. The number of likely N-dealkylation sites (tertiary alicyclic amines) is 1. The van der Waals surface area contributed by atoms with Gasteiger partial charge in [-0.25, -0.2) is 4.68 Å². The van der Waals surface area contributed by atoms with Crippen LogP contribution in [0.5, 0.6) is 0 Å². The maximum Gasteiger partial charge on any atom is 0.274 e. The van der Waals surface area contributed by atoms with Crippen LogP contribution in [0.25, 0.3) is 10.8 Å². The number of carbonyl (C=O) groups excluding carboxylic acids is 1. The topological polar surface area (TPSA) is 81.2 Å². The van der Waals surface area contributed by atoms with Crippen LogP contribution in [0.1, 0.15) is 31.9 Å². The van der Waals surface area contributed by atoms with E-state index in [1.165, 1.54) is 4.68 Å². The number of piperidine rings is 1. The number of nitrogens with zero attached hydrogens (tertiary/aromatic N) is 3. The SMILES string of the molecule is CC(N)C1CCCCN1C(=O)Cc1nn(C)c(=O)c2ccccc12.Cl. The molecule has 1 aromatic heterocycles. The predicted molar refractivity (Wildman–Crippen MR) is 101 cm³/mol. The lowest BCUT2D eigenvalue weighted by molar-refractivity contribution is -0.134. The number of halogens is 1. The van der Waals surface area contributed by atoms with Crippen LogP contribution >= 0.6 is 12.4 Å². The van der Waals surface area contributed by atoms with Crippen LogP contribution in [0.4, 0.5) is 0 Å². The number of hydrogen-bond acceptors (Lipinski definition) is 4. The highest BCUT2D eigenvalue weighted by Gasteiger charge is 2.29. The molecular formula is C18H25ClN4O2. The fourth-order valence-electron chi connectivity index (χ4n) is 3.56. The van der Waals surface area contributed by atoms with Crippen LogP contribution in [0.15, 0.2) is 29.1 Å². The smallest absolute Gasteiger partial charge is 0.274 e. The quantitative estimate of drug-likeness (QED) is 0.897. The summed E-state index contributed by atoms with van der Waals surface area (Å²) >= 11 is 0. The summed E-state index contributed by atoms with van der Waals surface area (Å²) in [6, 6.07) is 7.36. The highest BCUT2D eigenvalue weighted by atomic mass is 35.5. The van der Waals surface area contributed by atoms with Gasteiger partial charge < -0.3 is 10.6 Å². The second kappa shape index (κ2) is 7.97. The largest absolute Gasteiger partial charge is 0.338 e. The number of aromatic nitrogens is 2. The summed E-state index contributed by atoms with van der Waals surface area (Å²) in [5.41, 5.74) is 6.57. The van der Waals surface area contributed by atoms with Crippen molar-refractivity contribution >= 4 is 29.1 Å². The van der Waals surface area contributed by atoms with Gasteiger partial charge in [0.05, 0.1) is 17.5 Å². The van der Waals surface area contributed by atoms with Gasteiger partial charge in [0.15, 0.2) is 0 Å². The van der Waals surface area contributed by atoms with Gasteiger partial charge in [0.2, 0.25) is 5.91 Å². The van der Waals surface area contributed by atoms with E-state index in [9.17, 15) is 9.59 Å². The Kier molecular flexibility index (Phi) is 6.19. The lowest BCUT2D eigenvalue weighted by Gasteiger charge is -2.38. The first-order valence-electron chi connectivity index (χ1n) is 8.49. The molecule has 7 heteroatoms. The van der Waals surface area contributed by atoms with E-state index >= 15 is 0 Å². The zero-order valence-electron chi connectivity index (χ0n) is 14.6. The second-order valence-corrected chi connectivity index (χ2v) is 6.61. The van der Waals surface area contributed by atoms with E-state index in [1.54, 1.807) is 13.1 Å². The van der Waals surface area contributed by atoms with Gasteiger partial charge in [-0.2, -0.15) is 5.10 Å². The monoisotopic (exact) mass is 364 g/mol. The average Bonchev–Trinajstić information content (AvgIpc) is 2.59. The molecule has 0 aliphatic carbocycles. The molecule has 1 amide bonds. The summed E-state index contributed by atoms with van der Waals surface area (Å²) in [7, 11) is 1.62. The molecule has 2 heterocycles. The maximum absolute atomic E-state index is 12.9. The molecule has 0 bridgehead atoms. The van der Waals surface area contributed by atoms with Crippen LogP contribution in [0.2, 0.25) is 0 Å². The number of carbonyl (C=O) groups is 1. The van der Waals surface area contributed by atoms with Gasteiger partial charge >= 0.3 is 0 Å². The van der Waals surface area contributed by atoms with E-state index in [4.69, 9.17) is 5.73 Å². The molecule has 2 aromatic rings. The molecule has 2 atom stereocenters. The molecule has 2 N–H and O–H groups in total. The van der Waals surface area contributed by atoms with Gasteiger partial charge in [-0.3, -0.25) is 9.59 Å². The van der Waals surface area contributed by atoms with E-state index in [2.05, 4.69) is 5.10 Å². The van der Waals surface area contributed by atoms with Crippen molar-refractivity contribution in [2.45, 2.75) is 44.7 Å². The van der Waals surface area contributed by atoms with Crippen LogP contribution in [-0.2, 0) is 18.3 Å². The molecule has 6 nitrogen and oxygen atoms in total. The van der Waals surface area contributed by atoms with Gasteiger partial charge in [0.25, 0.3) is 5.56 Å². The minimum atomic E-state index is -0.145. The summed E-state index contributed by atoms with van der Waals surface area (Å²) in [5.74, 6) is 0.0355. The van der Waals surface area contributed by atoms with Crippen LogP contribution in [-0.4, -0.2) is 39.2 Å². The summed E-state index contributed by atoms with van der Waals surface area (Å²) in [4.78, 5) is 27.0. The van der Waals surface area contributed by atoms with Gasteiger partial charge in [-0.05, 0) is 32.3 Å². The summed E-state index contributed by atoms with van der Waals surface area (Å²) in [5, 5.41) is 5.68. The third-order valence-electron chi connectivity index (χ3n) is 4.83. The van der Waals surface area contributed by atoms with Crippen molar-refractivity contribution < 1.29 is 4.79 Å². The number of hydrogen-bond donors (Lipinski definition) is 1. The molecule has 0 spiro atoms. The van der Waals surface area contributed by atoms with Crippen molar-refractivity contribution in [3.63, 3.8) is 0 Å². The Morgan fingerprint density at radius 2 is 2.00 bits per heavy atom. The Balaban J connectivity index is 0.00000225. The molecule has 1 fully saturated rings. The molecule has 0 saturated carbocycles. The molecule has 3 rings (SSSR count). The molecule has 0 radical (unpaired) electrons. The Labute approximate surface area is 153 Å². The first-order valence-corrected chi connectivity index (χ1v) is 8.49. The molecule has 1 aliphatic rings. The summed E-state index contributed by atoms with van der Waals surface area (Å²) in [6.45, 7) is 2.70. The summed E-state index contributed by atoms with van der Waals surface area (Å²) in [6.07, 6.45) is 3.26. The number of fused-ring (bicyclic) bond motifs is 1. The van der Waals surface area contributed by atoms with E-state index in [-0.39, 0.29) is 42.4 Å².